The number of amides is 1. The molecule has 0 unspecified atom stereocenters. The number of aliphatic carboxylic acids is 1. The van der Waals surface area contributed by atoms with Gasteiger partial charge in [0.05, 0.1) is 34.9 Å². The number of fused-ring (bicyclic) bond motifs is 1. The summed E-state index contributed by atoms with van der Waals surface area (Å²) in [6.07, 6.45) is -0.316. The monoisotopic (exact) mass is 367 g/mol. The van der Waals surface area contributed by atoms with Gasteiger partial charge in [-0.15, -0.1) is 0 Å². The molecule has 3 rings (SSSR count). The molecule has 1 aromatic heterocycles. The third-order valence-electron chi connectivity index (χ3n) is 4.29. The summed E-state index contributed by atoms with van der Waals surface area (Å²) < 4.78 is 13.1. The van der Waals surface area contributed by atoms with E-state index >= 15 is 0 Å². The molecule has 3 aromatic rings. The van der Waals surface area contributed by atoms with E-state index in [1.165, 1.54) is 24.3 Å². The molecular formula is C20H18FN3O3. The molecule has 2 aromatic carbocycles. The van der Waals surface area contributed by atoms with E-state index in [0.717, 1.165) is 11.4 Å². The predicted molar refractivity (Wildman–Crippen MR) is 97.9 cm³/mol. The second-order valence-electron chi connectivity index (χ2n) is 6.27. The summed E-state index contributed by atoms with van der Waals surface area (Å²) in [6, 6.07) is 9.53. The summed E-state index contributed by atoms with van der Waals surface area (Å²) in [6.45, 7) is 3.70. The van der Waals surface area contributed by atoms with Gasteiger partial charge in [0.15, 0.2) is 0 Å². The molecule has 27 heavy (non-hydrogen) atoms. The molecule has 2 N–H and O–H groups in total. The second kappa shape index (κ2) is 7.49. The van der Waals surface area contributed by atoms with Gasteiger partial charge < -0.3 is 10.4 Å². The number of aryl methyl sites for hydroxylation is 2. The van der Waals surface area contributed by atoms with Gasteiger partial charge in [0.1, 0.15) is 5.82 Å². The Kier molecular flexibility index (Phi) is 5.12. The maximum absolute atomic E-state index is 13.1. The lowest BCUT2D eigenvalue weighted by Gasteiger charge is -2.17. The highest BCUT2D eigenvalue weighted by molar-refractivity contribution is 5.97. The SMILES string of the molecule is Cc1nc2ccc(C(=O)N[C@H](CC(=O)O)c3ccc(F)cc3)cc2nc1C. The second-order valence-corrected chi connectivity index (χ2v) is 6.27. The maximum atomic E-state index is 13.1. The summed E-state index contributed by atoms with van der Waals surface area (Å²) in [5.41, 5.74) is 3.71. The molecule has 1 heterocycles. The molecule has 1 amide bonds. The average molecular weight is 367 g/mol. The Hall–Kier alpha value is -3.35. The number of benzene rings is 2. The first-order chi connectivity index (χ1) is 12.8. The van der Waals surface area contributed by atoms with Crippen molar-refractivity contribution in [3.05, 3.63) is 70.8 Å². The van der Waals surface area contributed by atoms with Crippen LogP contribution in [0.4, 0.5) is 4.39 Å². The van der Waals surface area contributed by atoms with Crippen LogP contribution in [-0.2, 0) is 4.79 Å². The van der Waals surface area contributed by atoms with Crippen molar-refractivity contribution in [2.45, 2.75) is 26.3 Å². The molecule has 0 aliphatic rings. The molecular weight excluding hydrogens is 349 g/mol. The van der Waals surface area contributed by atoms with Crippen LogP contribution < -0.4 is 5.32 Å². The van der Waals surface area contributed by atoms with E-state index < -0.39 is 23.7 Å². The van der Waals surface area contributed by atoms with Gasteiger partial charge >= 0.3 is 5.97 Å². The zero-order valence-electron chi connectivity index (χ0n) is 14.9. The largest absolute Gasteiger partial charge is 0.481 e. The highest BCUT2D eigenvalue weighted by Crippen LogP contribution is 2.20. The number of carboxylic acid groups (broad SMARTS) is 1. The van der Waals surface area contributed by atoms with Gasteiger partial charge in [-0.3, -0.25) is 9.59 Å². The van der Waals surface area contributed by atoms with Crippen molar-refractivity contribution in [2.75, 3.05) is 0 Å². The molecule has 1 atom stereocenters. The number of carboxylic acids is 1. The maximum Gasteiger partial charge on any atom is 0.305 e. The van der Waals surface area contributed by atoms with Gasteiger partial charge in [0.25, 0.3) is 5.91 Å². The van der Waals surface area contributed by atoms with Crippen LogP contribution in [0.5, 0.6) is 0 Å². The lowest BCUT2D eigenvalue weighted by atomic mass is 10.0. The number of aromatic nitrogens is 2. The number of nitrogens with zero attached hydrogens (tertiary/aromatic N) is 2. The highest BCUT2D eigenvalue weighted by Gasteiger charge is 2.19. The van der Waals surface area contributed by atoms with Crippen molar-refractivity contribution < 1.29 is 19.1 Å². The van der Waals surface area contributed by atoms with Crippen LogP contribution in [0.2, 0.25) is 0 Å². The zero-order valence-corrected chi connectivity index (χ0v) is 14.9. The van der Waals surface area contributed by atoms with E-state index in [0.29, 0.717) is 22.2 Å². The normalized spacial score (nSPS) is 12.0. The van der Waals surface area contributed by atoms with Gasteiger partial charge in [0, 0.05) is 5.56 Å². The number of carbonyl (C=O) groups is 2. The van der Waals surface area contributed by atoms with Crippen molar-refractivity contribution in [1.29, 1.82) is 0 Å². The van der Waals surface area contributed by atoms with Gasteiger partial charge in [0.2, 0.25) is 0 Å². The van der Waals surface area contributed by atoms with Crippen molar-refractivity contribution in [2.24, 2.45) is 0 Å². The molecule has 0 radical (unpaired) electrons. The van der Waals surface area contributed by atoms with Crippen LogP contribution in [0.25, 0.3) is 11.0 Å². The smallest absolute Gasteiger partial charge is 0.305 e. The molecule has 138 valence electrons. The fraction of sp³-hybridized carbons (Fsp3) is 0.200. The van der Waals surface area contributed by atoms with Crippen LogP contribution in [-0.4, -0.2) is 27.0 Å². The number of nitrogens with one attached hydrogen (secondary N) is 1. The molecule has 0 saturated heterocycles. The average Bonchev–Trinajstić information content (AvgIpc) is 2.62. The first-order valence-electron chi connectivity index (χ1n) is 8.36. The number of halogens is 1. The van der Waals surface area contributed by atoms with E-state index in [-0.39, 0.29) is 6.42 Å². The lowest BCUT2D eigenvalue weighted by Crippen LogP contribution is -2.30. The molecule has 0 aliphatic heterocycles. The molecule has 7 heteroatoms. The molecule has 0 spiro atoms. The molecule has 6 nitrogen and oxygen atoms in total. The van der Waals surface area contributed by atoms with Crippen molar-refractivity contribution >= 4 is 22.9 Å². The van der Waals surface area contributed by atoms with Crippen LogP contribution in [0, 0.1) is 19.7 Å². The highest BCUT2D eigenvalue weighted by atomic mass is 19.1. The summed E-state index contributed by atoms with van der Waals surface area (Å²) in [5, 5.41) is 11.8. The minimum atomic E-state index is -1.07. The van der Waals surface area contributed by atoms with Crippen LogP contribution in [0.3, 0.4) is 0 Å². The van der Waals surface area contributed by atoms with E-state index in [2.05, 4.69) is 15.3 Å². The number of rotatable bonds is 5. The van der Waals surface area contributed by atoms with Crippen molar-refractivity contribution in [3.63, 3.8) is 0 Å². The minimum Gasteiger partial charge on any atom is -0.481 e. The van der Waals surface area contributed by atoms with E-state index in [4.69, 9.17) is 5.11 Å². The number of hydrogen-bond donors (Lipinski definition) is 2. The zero-order chi connectivity index (χ0) is 19.6. The number of carbonyl (C=O) groups excluding carboxylic acids is 1. The Morgan fingerprint density at radius 3 is 2.30 bits per heavy atom. The number of hydrogen-bond acceptors (Lipinski definition) is 4. The van der Waals surface area contributed by atoms with Gasteiger partial charge in [-0.05, 0) is 49.7 Å². The first-order valence-corrected chi connectivity index (χ1v) is 8.36. The van der Waals surface area contributed by atoms with Crippen LogP contribution >= 0.6 is 0 Å². The third kappa shape index (κ3) is 4.25. The third-order valence-corrected chi connectivity index (χ3v) is 4.29. The van der Waals surface area contributed by atoms with Crippen LogP contribution in [0.1, 0.15) is 39.8 Å². The van der Waals surface area contributed by atoms with E-state index in [1.807, 2.05) is 13.8 Å². The summed E-state index contributed by atoms with van der Waals surface area (Å²) >= 11 is 0. The van der Waals surface area contributed by atoms with E-state index in [1.54, 1.807) is 18.2 Å². The molecule has 0 bridgehead atoms. The van der Waals surface area contributed by atoms with Gasteiger partial charge in [-0.1, -0.05) is 12.1 Å². The fourth-order valence-corrected chi connectivity index (χ4v) is 2.74. The van der Waals surface area contributed by atoms with Crippen molar-refractivity contribution in [1.82, 2.24) is 15.3 Å². The Morgan fingerprint density at radius 2 is 1.67 bits per heavy atom. The fourth-order valence-electron chi connectivity index (χ4n) is 2.74. The molecule has 0 aliphatic carbocycles. The molecule has 0 fully saturated rings. The summed E-state index contributed by atoms with van der Waals surface area (Å²) in [4.78, 5) is 32.7. The van der Waals surface area contributed by atoms with E-state index in [9.17, 15) is 14.0 Å². The first kappa shape index (κ1) is 18.4. The topological polar surface area (TPSA) is 92.2 Å². The Balaban J connectivity index is 1.88. The standard InChI is InChI=1S/C20H18FN3O3/c1-11-12(2)23-18-9-14(5-8-16(18)22-11)20(27)24-17(10-19(25)26)13-3-6-15(21)7-4-13/h3-9,17H,10H2,1-2H3,(H,24,27)(H,25,26)/t17-/m1/s1. The Bertz CT molecular complexity index is 1020. The lowest BCUT2D eigenvalue weighted by molar-refractivity contribution is -0.137. The summed E-state index contributed by atoms with van der Waals surface area (Å²) in [5.74, 6) is -1.94. The quantitative estimate of drug-likeness (QED) is 0.722. The molecule has 0 saturated carbocycles. The Morgan fingerprint density at radius 1 is 1.04 bits per heavy atom. The predicted octanol–water partition coefficient (Wildman–Crippen LogP) is 3.33. The van der Waals surface area contributed by atoms with Crippen LogP contribution in [0.15, 0.2) is 42.5 Å². The van der Waals surface area contributed by atoms with Gasteiger partial charge in [-0.25, -0.2) is 14.4 Å². The Labute approximate surface area is 155 Å². The van der Waals surface area contributed by atoms with Gasteiger partial charge in [-0.2, -0.15) is 0 Å². The minimum absolute atomic E-state index is 0.316. The van der Waals surface area contributed by atoms with Crippen molar-refractivity contribution in [3.8, 4) is 0 Å². The summed E-state index contributed by atoms with van der Waals surface area (Å²) in [7, 11) is 0.